The zero-order valence-corrected chi connectivity index (χ0v) is 11.3. The van der Waals surface area contributed by atoms with Crippen molar-refractivity contribution in [2.75, 3.05) is 24.8 Å². The van der Waals surface area contributed by atoms with Crippen LogP contribution in [0.25, 0.3) is 0 Å². The number of nitrogen functional groups attached to an aromatic ring is 1. The zero-order valence-electron chi connectivity index (χ0n) is 11.3. The molecule has 5 nitrogen and oxygen atoms in total. The lowest BCUT2D eigenvalue weighted by molar-refractivity contribution is 0.0698. The number of anilines is 3. The van der Waals surface area contributed by atoms with Crippen LogP contribution in [0.1, 0.15) is 10.4 Å². The molecular weight excluding hydrogens is 256 g/mol. The average Bonchev–Trinajstić information content (AvgIpc) is 2.46. The maximum atomic E-state index is 11.1. The van der Waals surface area contributed by atoms with Crippen LogP contribution in [-0.2, 0) is 0 Å². The first-order valence-corrected chi connectivity index (χ1v) is 6.04. The quantitative estimate of drug-likeness (QED) is 0.837. The second kappa shape index (κ2) is 5.52. The van der Waals surface area contributed by atoms with E-state index >= 15 is 0 Å². The van der Waals surface area contributed by atoms with Gasteiger partial charge in [0.05, 0.1) is 18.4 Å². The van der Waals surface area contributed by atoms with Gasteiger partial charge in [-0.3, -0.25) is 0 Å². The van der Waals surface area contributed by atoms with Crippen molar-refractivity contribution in [2.24, 2.45) is 0 Å². The number of nitrogens with zero attached hydrogens (tertiary/aromatic N) is 1. The number of para-hydroxylation sites is 2. The fourth-order valence-corrected chi connectivity index (χ4v) is 1.98. The smallest absolute Gasteiger partial charge is 0.337 e. The molecule has 0 spiro atoms. The Morgan fingerprint density at radius 3 is 2.60 bits per heavy atom. The van der Waals surface area contributed by atoms with Crippen LogP contribution in [0.2, 0.25) is 0 Å². The van der Waals surface area contributed by atoms with E-state index < -0.39 is 5.97 Å². The predicted octanol–water partition coefficient (Wildman–Crippen LogP) is 2.74. The van der Waals surface area contributed by atoms with E-state index in [2.05, 4.69) is 0 Å². The van der Waals surface area contributed by atoms with Crippen molar-refractivity contribution in [3.8, 4) is 5.75 Å². The van der Waals surface area contributed by atoms with E-state index in [1.54, 1.807) is 25.3 Å². The minimum absolute atomic E-state index is 0.0873. The second-order valence-corrected chi connectivity index (χ2v) is 4.31. The number of aromatic carboxylic acids is 1. The largest absolute Gasteiger partial charge is 0.495 e. The molecule has 0 aromatic heterocycles. The Labute approximate surface area is 117 Å². The Hall–Kier alpha value is -2.69. The number of nitrogens with two attached hydrogens (primary N) is 1. The van der Waals surface area contributed by atoms with Gasteiger partial charge in [-0.1, -0.05) is 12.1 Å². The Balaban J connectivity index is 2.45. The van der Waals surface area contributed by atoms with Crippen molar-refractivity contribution in [1.82, 2.24) is 0 Å². The molecule has 0 fully saturated rings. The molecule has 0 aliphatic carbocycles. The van der Waals surface area contributed by atoms with Crippen molar-refractivity contribution in [3.63, 3.8) is 0 Å². The molecule has 0 bridgehead atoms. The standard InChI is InChI=1S/C15H16N2O3/c1-17(13-5-3-4-6-14(13)20-2)10-7-8-12(16)11(9-10)15(18)19/h3-9H,16H2,1-2H3,(H,18,19). The third kappa shape index (κ3) is 2.51. The summed E-state index contributed by atoms with van der Waals surface area (Å²) in [7, 11) is 3.44. The van der Waals surface area contributed by atoms with Crippen LogP contribution >= 0.6 is 0 Å². The van der Waals surface area contributed by atoms with E-state index in [0.29, 0.717) is 5.75 Å². The summed E-state index contributed by atoms with van der Waals surface area (Å²) in [4.78, 5) is 13.0. The van der Waals surface area contributed by atoms with Crippen molar-refractivity contribution in [3.05, 3.63) is 48.0 Å². The summed E-state index contributed by atoms with van der Waals surface area (Å²) in [6.07, 6.45) is 0. The monoisotopic (exact) mass is 272 g/mol. The van der Waals surface area contributed by atoms with Crippen molar-refractivity contribution < 1.29 is 14.6 Å². The molecule has 0 aliphatic rings. The van der Waals surface area contributed by atoms with Gasteiger partial charge < -0.3 is 20.5 Å². The van der Waals surface area contributed by atoms with E-state index in [4.69, 9.17) is 15.6 Å². The first-order valence-electron chi connectivity index (χ1n) is 6.04. The Bertz CT molecular complexity index is 641. The molecule has 104 valence electrons. The molecule has 0 saturated carbocycles. The molecule has 20 heavy (non-hydrogen) atoms. The van der Waals surface area contributed by atoms with Crippen molar-refractivity contribution in [2.45, 2.75) is 0 Å². The highest BCUT2D eigenvalue weighted by atomic mass is 16.5. The topological polar surface area (TPSA) is 75.8 Å². The molecule has 0 atom stereocenters. The molecule has 2 aromatic carbocycles. The fraction of sp³-hybridized carbons (Fsp3) is 0.133. The summed E-state index contributed by atoms with van der Waals surface area (Å²) < 4.78 is 5.31. The lowest BCUT2D eigenvalue weighted by Gasteiger charge is -2.22. The third-order valence-electron chi connectivity index (χ3n) is 3.10. The Kier molecular flexibility index (Phi) is 3.79. The van der Waals surface area contributed by atoms with Crippen LogP contribution in [0.4, 0.5) is 17.1 Å². The summed E-state index contributed by atoms with van der Waals surface area (Å²) in [5, 5.41) is 9.12. The van der Waals surface area contributed by atoms with E-state index in [1.165, 1.54) is 0 Å². The number of carbonyl (C=O) groups is 1. The number of methoxy groups -OCH3 is 1. The predicted molar refractivity (Wildman–Crippen MR) is 78.9 cm³/mol. The lowest BCUT2D eigenvalue weighted by atomic mass is 10.1. The summed E-state index contributed by atoms with van der Waals surface area (Å²) in [5.41, 5.74) is 7.56. The van der Waals surface area contributed by atoms with Gasteiger partial charge in [0, 0.05) is 18.4 Å². The fourth-order valence-electron chi connectivity index (χ4n) is 1.98. The van der Waals surface area contributed by atoms with Gasteiger partial charge in [-0.05, 0) is 30.3 Å². The van der Waals surface area contributed by atoms with E-state index in [1.807, 2.05) is 36.2 Å². The van der Waals surface area contributed by atoms with Crippen LogP contribution in [0.3, 0.4) is 0 Å². The van der Waals surface area contributed by atoms with Gasteiger partial charge in [-0.25, -0.2) is 4.79 Å². The average molecular weight is 272 g/mol. The number of ether oxygens (including phenoxy) is 1. The molecule has 3 N–H and O–H groups in total. The number of carboxylic acid groups (broad SMARTS) is 1. The van der Waals surface area contributed by atoms with Gasteiger partial charge in [-0.15, -0.1) is 0 Å². The lowest BCUT2D eigenvalue weighted by Crippen LogP contribution is -2.12. The van der Waals surface area contributed by atoms with Gasteiger partial charge in [0.25, 0.3) is 0 Å². The maximum absolute atomic E-state index is 11.1. The van der Waals surface area contributed by atoms with Crippen LogP contribution in [0.15, 0.2) is 42.5 Å². The second-order valence-electron chi connectivity index (χ2n) is 4.31. The molecule has 0 amide bonds. The summed E-state index contributed by atoms with van der Waals surface area (Å²) >= 11 is 0. The van der Waals surface area contributed by atoms with Gasteiger partial charge in [0.15, 0.2) is 0 Å². The minimum Gasteiger partial charge on any atom is -0.495 e. The van der Waals surface area contributed by atoms with Crippen LogP contribution in [0.5, 0.6) is 5.75 Å². The number of rotatable bonds is 4. The molecular formula is C15H16N2O3. The number of benzene rings is 2. The van der Waals surface area contributed by atoms with Crippen LogP contribution < -0.4 is 15.4 Å². The molecule has 2 rings (SSSR count). The SMILES string of the molecule is COc1ccccc1N(C)c1ccc(N)c(C(=O)O)c1. The van der Waals surface area contributed by atoms with E-state index in [-0.39, 0.29) is 11.3 Å². The minimum atomic E-state index is -1.04. The van der Waals surface area contributed by atoms with E-state index in [9.17, 15) is 4.79 Å². The molecule has 0 aliphatic heterocycles. The van der Waals surface area contributed by atoms with Crippen LogP contribution in [0, 0.1) is 0 Å². The van der Waals surface area contributed by atoms with Crippen molar-refractivity contribution >= 4 is 23.0 Å². The third-order valence-corrected chi connectivity index (χ3v) is 3.10. The highest BCUT2D eigenvalue weighted by Crippen LogP contribution is 2.33. The number of carboxylic acids is 1. The summed E-state index contributed by atoms with van der Waals surface area (Å²) in [6.45, 7) is 0. The highest BCUT2D eigenvalue weighted by Gasteiger charge is 2.13. The van der Waals surface area contributed by atoms with Crippen molar-refractivity contribution in [1.29, 1.82) is 0 Å². The number of hydrogen-bond donors (Lipinski definition) is 2. The molecule has 0 unspecified atom stereocenters. The van der Waals surface area contributed by atoms with E-state index in [0.717, 1.165) is 11.4 Å². The first kappa shape index (κ1) is 13.7. The van der Waals surface area contributed by atoms with Crippen LogP contribution in [-0.4, -0.2) is 25.2 Å². The molecule has 0 heterocycles. The summed E-state index contributed by atoms with van der Waals surface area (Å²) in [6, 6.07) is 12.4. The van der Waals surface area contributed by atoms with Gasteiger partial charge in [-0.2, -0.15) is 0 Å². The summed E-state index contributed by atoms with van der Waals surface area (Å²) in [5.74, 6) is -0.332. The Morgan fingerprint density at radius 2 is 1.95 bits per heavy atom. The first-order chi connectivity index (χ1) is 9.54. The van der Waals surface area contributed by atoms with Gasteiger partial charge in [0.2, 0.25) is 0 Å². The highest BCUT2D eigenvalue weighted by molar-refractivity contribution is 5.95. The normalized spacial score (nSPS) is 10.1. The molecule has 0 saturated heterocycles. The molecule has 5 heteroatoms. The maximum Gasteiger partial charge on any atom is 0.337 e. The van der Waals surface area contributed by atoms with Gasteiger partial charge in [0.1, 0.15) is 5.75 Å². The molecule has 2 aromatic rings. The zero-order chi connectivity index (χ0) is 14.7. The number of hydrogen-bond acceptors (Lipinski definition) is 4. The Morgan fingerprint density at radius 1 is 1.25 bits per heavy atom. The molecule has 0 radical (unpaired) electrons. The van der Waals surface area contributed by atoms with Gasteiger partial charge >= 0.3 is 5.97 Å².